The number of rotatable bonds is 3. The Bertz CT molecular complexity index is 639. The number of aromatic nitrogens is 1. The van der Waals surface area contributed by atoms with Gasteiger partial charge in [-0.25, -0.2) is 4.98 Å². The van der Waals surface area contributed by atoms with E-state index in [-0.39, 0.29) is 11.9 Å². The van der Waals surface area contributed by atoms with E-state index >= 15 is 0 Å². The Labute approximate surface area is 127 Å². The molecule has 0 unspecified atom stereocenters. The molecule has 21 heavy (non-hydrogen) atoms. The molecule has 2 heterocycles. The fourth-order valence-electron chi connectivity index (χ4n) is 2.37. The van der Waals surface area contributed by atoms with Crippen LogP contribution in [0.25, 0.3) is 10.6 Å². The Balaban J connectivity index is 1.77. The molecule has 0 bridgehead atoms. The lowest BCUT2D eigenvalue weighted by Crippen LogP contribution is -2.32. The van der Waals surface area contributed by atoms with Gasteiger partial charge in [-0.05, 0) is 30.7 Å². The zero-order valence-corrected chi connectivity index (χ0v) is 12.6. The summed E-state index contributed by atoms with van der Waals surface area (Å²) in [5.74, 6) is 0.775. The molecule has 1 fully saturated rings. The van der Waals surface area contributed by atoms with Crippen molar-refractivity contribution >= 4 is 17.2 Å². The van der Waals surface area contributed by atoms with Crippen LogP contribution in [0.5, 0.6) is 5.75 Å². The molecule has 1 aromatic heterocycles. The molecule has 0 saturated carbocycles. The topological polar surface area (TPSA) is 68.5 Å². The molecule has 0 radical (unpaired) electrons. The molecule has 1 saturated heterocycles. The summed E-state index contributed by atoms with van der Waals surface area (Å²) in [7, 11) is 1.63. The van der Waals surface area contributed by atoms with Crippen LogP contribution in [0.15, 0.2) is 29.6 Å². The average molecular weight is 303 g/mol. The number of likely N-dealkylation sites (tertiary alicyclic amines) is 1. The molecule has 1 amide bonds. The van der Waals surface area contributed by atoms with Gasteiger partial charge in [0.25, 0.3) is 5.91 Å². The van der Waals surface area contributed by atoms with Crippen LogP contribution in [0.1, 0.15) is 16.9 Å². The third kappa shape index (κ3) is 2.91. The Morgan fingerprint density at radius 2 is 2.19 bits per heavy atom. The van der Waals surface area contributed by atoms with Crippen molar-refractivity contribution < 1.29 is 9.53 Å². The Morgan fingerprint density at radius 1 is 1.43 bits per heavy atom. The van der Waals surface area contributed by atoms with Gasteiger partial charge in [-0.3, -0.25) is 4.79 Å². The maximum Gasteiger partial charge on any atom is 0.273 e. The minimum Gasteiger partial charge on any atom is -0.497 e. The third-order valence-electron chi connectivity index (χ3n) is 3.57. The lowest BCUT2D eigenvalue weighted by Gasteiger charge is -2.13. The van der Waals surface area contributed by atoms with E-state index in [1.54, 1.807) is 12.0 Å². The summed E-state index contributed by atoms with van der Waals surface area (Å²) in [6.45, 7) is 1.34. The van der Waals surface area contributed by atoms with Gasteiger partial charge in [0, 0.05) is 30.1 Å². The standard InChI is InChI=1S/C15H17N3O2S/c1-20-12-4-2-10(3-5-12)14-17-13(9-21-14)15(19)18-7-6-11(16)8-18/h2-5,9,11H,6-8,16H2,1H3/t11-/m1/s1. The van der Waals surface area contributed by atoms with Crippen molar-refractivity contribution in [2.75, 3.05) is 20.2 Å². The molecule has 6 heteroatoms. The molecule has 1 aromatic carbocycles. The Morgan fingerprint density at radius 3 is 2.81 bits per heavy atom. The fourth-order valence-corrected chi connectivity index (χ4v) is 3.17. The molecule has 1 aliphatic rings. The molecular weight excluding hydrogens is 286 g/mol. The summed E-state index contributed by atoms with van der Waals surface area (Å²) in [4.78, 5) is 18.6. The van der Waals surface area contributed by atoms with E-state index in [9.17, 15) is 4.79 Å². The van der Waals surface area contributed by atoms with Gasteiger partial charge in [0.2, 0.25) is 0 Å². The summed E-state index contributed by atoms with van der Waals surface area (Å²) in [6, 6.07) is 7.75. The highest BCUT2D eigenvalue weighted by Crippen LogP contribution is 2.26. The van der Waals surface area contributed by atoms with Crippen LogP contribution in [-0.2, 0) is 0 Å². The number of hydrogen-bond donors (Lipinski definition) is 1. The van der Waals surface area contributed by atoms with Crippen molar-refractivity contribution in [1.29, 1.82) is 0 Å². The van der Waals surface area contributed by atoms with Crippen molar-refractivity contribution in [2.24, 2.45) is 5.73 Å². The maximum atomic E-state index is 12.3. The van der Waals surface area contributed by atoms with E-state index in [1.165, 1.54) is 11.3 Å². The highest BCUT2D eigenvalue weighted by molar-refractivity contribution is 7.13. The summed E-state index contributed by atoms with van der Waals surface area (Å²) in [6.07, 6.45) is 0.862. The highest BCUT2D eigenvalue weighted by atomic mass is 32.1. The summed E-state index contributed by atoms with van der Waals surface area (Å²) in [5.41, 5.74) is 7.33. The SMILES string of the molecule is COc1ccc(-c2nc(C(=O)N3CC[C@@H](N)C3)cs2)cc1. The first-order valence-corrected chi connectivity index (χ1v) is 7.70. The van der Waals surface area contributed by atoms with Gasteiger partial charge < -0.3 is 15.4 Å². The first-order valence-electron chi connectivity index (χ1n) is 6.82. The number of nitrogens with two attached hydrogens (primary N) is 1. The van der Waals surface area contributed by atoms with Crippen molar-refractivity contribution in [2.45, 2.75) is 12.5 Å². The van der Waals surface area contributed by atoms with E-state index in [4.69, 9.17) is 10.5 Å². The van der Waals surface area contributed by atoms with Gasteiger partial charge >= 0.3 is 0 Å². The van der Waals surface area contributed by atoms with E-state index in [0.717, 1.165) is 29.3 Å². The minimum absolute atomic E-state index is 0.0287. The largest absolute Gasteiger partial charge is 0.497 e. The predicted octanol–water partition coefficient (Wildman–Crippen LogP) is 1.99. The number of ether oxygens (including phenoxy) is 1. The number of methoxy groups -OCH3 is 1. The molecule has 2 N–H and O–H groups in total. The van der Waals surface area contributed by atoms with Crippen molar-refractivity contribution in [3.63, 3.8) is 0 Å². The van der Waals surface area contributed by atoms with Crippen LogP contribution in [0.4, 0.5) is 0 Å². The molecule has 1 atom stereocenters. The average Bonchev–Trinajstić information content (AvgIpc) is 3.16. The Hall–Kier alpha value is -1.92. The van der Waals surface area contributed by atoms with Crippen LogP contribution >= 0.6 is 11.3 Å². The van der Waals surface area contributed by atoms with Crippen molar-refractivity contribution in [3.8, 4) is 16.3 Å². The number of benzene rings is 1. The number of carbonyl (C=O) groups excluding carboxylic acids is 1. The Kier molecular flexibility index (Phi) is 3.90. The zero-order chi connectivity index (χ0) is 14.8. The molecular formula is C15H17N3O2S. The second-order valence-electron chi connectivity index (χ2n) is 5.07. The number of hydrogen-bond acceptors (Lipinski definition) is 5. The van der Waals surface area contributed by atoms with Crippen LogP contribution in [0.2, 0.25) is 0 Å². The minimum atomic E-state index is -0.0287. The summed E-state index contributed by atoms with van der Waals surface area (Å²) >= 11 is 1.47. The second kappa shape index (κ2) is 5.83. The molecule has 0 aliphatic carbocycles. The molecule has 3 rings (SSSR count). The molecule has 1 aliphatic heterocycles. The first-order chi connectivity index (χ1) is 10.2. The maximum absolute atomic E-state index is 12.3. The number of thiazole rings is 1. The quantitative estimate of drug-likeness (QED) is 0.941. The first kappa shape index (κ1) is 14.0. The molecule has 110 valence electrons. The normalized spacial score (nSPS) is 18.0. The smallest absolute Gasteiger partial charge is 0.273 e. The van der Waals surface area contributed by atoms with Gasteiger partial charge in [-0.15, -0.1) is 11.3 Å². The van der Waals surface area contributed by atoms with Gasteiger partial charge in [0.15, 0.2) is 0 Å². The number of carbonyl (C=O) groups is 1. The number of nitrogens with zero attached hydrogens (tertiary/aromatic N) is 2. The molecule has 0 spiro atoms. The fraction of sp³-hybridized carbons (Fsp3) is 0.333. The van der Waals surface area contributed by atoms with Crippen LogP contribution in [0.3, 0.4) is 0 Å². The third-order valence-corrected chi connectivity index (χ3v) is 4.46. The van der Waals surface area contributed by atoms with E-state index in [2.05, 4.69) is 4.98 Å². The van der Waals surface area contributed by atoms with Crippen molar-refractivity contribution in [1.82, 2.24) is 9.88 Å². The highest BCUT2D eigenvalue weighted by Gasteiger charge is 2.26. The van der Waals surface area contributed by atoms with Crippen LogP contribution < -0.4 is 10.5 Å². The zero-order valence-electron chi connectivity index (χ0n) is 11.8. The van der Waals surface area contributed by atoms with Gasteiger partial charge in [-0.2, -0.15) is 0 Å². The summed E-state index contributed by atoms with van der Waals surface area (Å²) < 4.78 is 5.14. The lowest BCUT2D eigenvalue weighted by atomic mass is 10.2. The van der Waals surface area contributed by atoms with E-state index < -0.39 is 0 Å². The van der Waals surface area contributed by atoms with Gasteiger partial charge in [-0.1, -0.05) is 0 Å². The predicted molar refractivity (Wildman–Crippen MR) is 82.6 cm³/mol. The second-order valence-corrected chi connectivity index (χ2v) is 5.92. The van der Waals surface area contributed by atoms with Crippen molar-refractivity contribution in [3.05, 3.63) is 35.3 Å². The van der Waals surface area contributed by atoms with E-state index in [1.807, 2.05) is 29.6 Å². The molecule has 5 nitrogen and oxygen atoms in total. The van der Waals surface area contributed by atoms with Gasteiger partial charge in [0.1, 0.15) is 16.5 Å². The van der Waals surface area contributed by atoms with Crippen LogP contribution in [-0.4, -0.2) is 42.0 Å². The van der Waals surface area contributed by atoms with E-state index in [0.29, 0.717) is 12.2 Å². The van der Waals surface area contributed by atoms with Crippen LogP contribution in [0, 0.1) is 0 Å². The summed E-state index contributed by atoms with van der Waals surface area (Å²) in [5, 5.41) is 2.65. The molecule has 2 aromatic rings. The van der Waals surface area contributed by atoms with Gasteiger partial charge in [0.05, 0.1) is 7.11 Å². The number of amides is 1. The lowest BCUT2D eigenvalue weighted by molar-refractivity contribution is 0.0786. The monoisotopic (exact) mass is 303 g/mol.